The number of aryl methyl sites for hydroxylation is 3. The van der Waals surface area contributed by atoms with Crippen LogP contribution in [0.1, 0.15) is 53.6 Å². The topological polar surface area (TPSA) is 157 Å². The van der Waals surface area contributed by atoms with Crippen molar-refractivity contribution in [3.05, 3.63) is 63.9 Å². The summed E-state index contributed by atoms with van der Waals surface area (Å²) in [5.74, 6) is 0.0371. The maximum atomic E-state index is 14.2. The number of anilines is 1. The average molecular weight is 709 g/mol. The highest BCUT2D eigenvalue weighted by molar-refractivity contribution is 9.10. The summed E-state index contributed by atoms with van der Waals surface area (Å²) in [6.07, 6.45) is 5.96. The number of pyridine rings is 1. The highest BCUT2D eigenvalue weighted by Crippen LogP contribution is 2.62. The molecule has 0 radical (unpaired) electrons. The first kappa shape index (κ1) is 31.9. The van der Waals surface area contributed by atoms with E-state index in [1.807, 2.05) is 32.0 Å². The fourth-order valence-corrected chi connectivity index (χ4v) is 7.70. The van der Waals surface area contributed by atoms with Crippen molar-refractivity contribution in [2.24, 2.45) is 5.41 Å². The lowest BCUT2D eigenvalue weighted by molar-refractivity contribution is -0.138. The van der Waals surface area contributed by atoms with E-state index in [2.05, 4.69) is 41.3 Å². The first-order valence-corrected chi connectivity index (χ1v) is 17.8. The Bertz CT molecular complexity index is 2030. The summed E-state index contributed by atoms with van der Waals surface area (Å²) in [6.45, 7) is 6.76. The maximum absolute atomic E-state index is 14.2. The molecule has 4 heterocycles. The second kappa shape index (κ2) is 11.6. The lowest BCUT2D eigenvalue weighted by Crippen LogP contribution is -2.47. The number of ketones is 1. The van der Waals surface area contributed by atoms with Gasteiger partial charge in [-0.25, -0.2) is 23.4 Å². The number of halogens is 1. The summed E-state index contributed by atoms with van der Waals surface area (Å²) in [5, 5.41) is 8.08. The van der Waals surface area contributed by atoms with Gasteiger partial charge in [-0.05, 0) is 96.3 Å². The van der Waals surface area contributed by atoms with Gasteiger partial charge >= 0.3 is 0 Å². The fraction of sp³-hybridized carbons (Fsp3) is 0.406. The third kappa shape index (κ3) is 6.07. The smallest absolute Gasteiger partial charge is 0.248 e. The van der Waals surface area contributed by atoms with Crippen LogP contribution in [0.3, 0.4) is 0 Å². The Labute approximate surface area is 275 Å². The molecule has 1 saturated carbocycles. The molecule has 0 spiro atoms. The zero-order chi connectivity index (χ0) is 33.1. The minimum absolute atomic E-state index is 0.0223. The number of hydrogen-bond donors (Lipinski definition) is 1. The first-order valence-electron chi connectivity index (χ1n) is 14.9. The number of hydrogen-bond acceptors (Lipinski definition) is 9. The second-order valence-corrected chi connectivity index (χ2v) is 15.6. The predicted octanol–water partition coefficient (Wildman–Crippen LogP) is 4.21. The minimum Gasteiger partial charge on any atom is -0.325 e. The molecule has 2 aliphatic rings. The number of sulfone groups is 1. The van der Waals surface area contributed by atoms with Gasteiger partial charge < -0.3 is 10.2 Å². The Balaban J connectivity index is 1.34. The Hall–Kier alpha value is -4.04. The summed E-state index contributed by atoms with van der Waals surface area (Å²) in [6, 6.07) is 6.29. The molecule has 0 unspecified atom stereocenters. The van der Waals surface area contributed by atoms with Crippen LogP contribution < -0.4 is 5.32 Å². The molecule has 46 heavy (non-hydrogen) atoms. The number of aromatic nitrogens is 5. The SMILES string of the molecule is CC(=O)c1nn(CC(=O)N2[C@H](C(=O)Nc3nc(Br)ccc3C)C[C@@]3(CCS(C)(=O)=O)C[C@@H]23)c2c(C)cc(-c3cnc(C)nc3)cc12. The Morgan fingerprint density at radius 3 is 2.43 bits per heavy atom. The average Bonchev–Trinajstić information content (AvgIpc) is 3.39. The normalized spacial score (nSPS) is 20.5. The van der Waals surface area contributed by atoms with Crippen molar-refractivity contribution < 1.29 is 22.8 Å². The van der Waals surface area contributed by atoms with Crippen LogP contribution in [0.5, 0.6) is 0 Å². The third-order valence-corrected chi connectivity index (χ3v) is 10.4. The quantitative estimate of drug-likeness (QED) is 0.199. The summed E-state index contributed by atoms with van der Waals surface area (Å²) < 4.78 is 26.2. The molecule has 6 rings (SSSR count). The highest BCUT2D eigenvalue weighted by atomic mass is 79.9. The summed E-state index contributed by atoms with van der Waals surface area (Å²) in [4.78, 5) is 55.2. The van der Waals surface area contributed by atoms with Crippen LogP contribution in [-0.2, 0) is 26.0 Å². The monoisotopic (exact) mass is 707 g/mol. The van der Waals surface area contributed by atoms with Gasteiger partial charge in [0, 0.05) is 42.6 Å². The second-order valence-electron chi connectivity index (χ2n) is 12.5. The summed E-state index contributed by atoms with van der Waals surface area (Å²) in [7, 11) is -3.24. The molecule has 2 amide bonds. The van der Waals surface area contributed by atoms with Crippen molar-refractivity contribution >= 4 is 60.1 Å². The third-order valence-electron chi connectivity index (χ3n) is 9.05. The van der Waals surface area contributed by atoms with E-state index in [1.165, 1.54) is 17.9 Å². The van der Waals surface area contributed by atoms with Gasteiger partial charge in [-0.3, -0.25) is 19.1 Å². The predicted molar refractivity (Wildman–Crippen MR) is 176 cm³/mol. The van der Waals surface area contributed by atoms with Crippen molar-refractivity contribution in [2.75, 3.05) is 17.3 Å². The van der Waals surface area contributed by atoms with Crippen LogP contribution in [0.25, 0.3) is 22.0 Å². The number of piperidine rings is 1. The fourth-order valence-electron chi connectivity index (χ4n) is 6.62. The van der Waals surface area contributed by atoms with Gasteiger partial charge in [-0.1, -0.05) is 6.07 Å². The molecule has 3 aromatic heterocycles. The molecule has 1 aromatic carbocycles. The summed E-state index contributed by atoms with van der Waals surface area (Å²) >= 11 is 3.34. The molecular formula is C32H34BrN7O5S. The van der Waals surface area contributed by atoms with Gasteiger partial charge in [0.25, 0.3) is 0 Å². The maximum Gasteiger partial charge on any atom is 0.248 e. The number of carbonyl (C=O) groups excluding carboxylic acids is 3. The number of nitrogens with one attached hydrogen (secondary N) is 1. The molecule has 2 fully saturated rings. The molecule has 1 aliphatic carbocycles. The molecule has 1 aliphatic heterocycles. The van der Waals surface area contributed by atoms with Crippen LogP contribution in [-0.4, -0.2) is 79.7 Å². The van der Waals surface area contributed by atoms with E-state index in [0.29, 0.717) is 46.4 Å². The zero-order valence-corrected chi connectivity index (χ0v) is 28.6. The van der Waals surface area contributed by atoms with Crippen LogP contribution in [0.2, 0.25) is 0 Å². The van der Waals surface area contributed by atoms with Crippen LogP contribution in [0, 0.1) is 26.2 Å². The lowest BCUT2D eigenvalue weighted by Gasteiger charge is -2.27. The number of Topliss-reactive ketones (excluding diaryl/α,β-unsaturated/α-hetero) is 1. The number of likely N-dealkylation sites (tertiary alicyclic amines) is 1. The lowest BCUT2D eigenvalue weighted by atomic mass is 9.96. The number of nitrogens with zero attached hydrogens (tertiary/aromatic N) is 6. The zero-order valence-electron chi connectivity index (χ0n) is 26.2. The van der Waals surface area contributed by atoms with E-state index < -0.39 is 21.3 Å². The van der Waals surface area contributed by atoms with Crippen LogP contribution in [0.15, 0.2) is 41.3 Å². The largest absolute Gasteiger partial charge is 0.325 e. The van der Waals surface area contributed by atoms with Gasteiger partial charge in [-0.15, -0.1) is 0 Å². The highest BCUT2D eigenvalue weighted by Gasteiger charge is 2.66. The van der Waals surface area contributed by atoms with Crippen molar-refractivity contribution in [1.82, 2.24) is 29.6 Å². The van der Waals surface area contributed by atoms with Crippen molar-refractivity contribution in [1.29, 1.82) is 0 Å². The number of rotatable bonds is 9. The minimum atomic E-state index is -3.24. The molecule has 12 nitrogen and oxygen atoms in total. The molecule has 240 valence electrons. The molecule has 4 aromatic rings. The number of carbonyl (C=O) groups is 3. The Morgan fingerprint density at radius 2 is 1.76 bits per heavy atom. The number of fused-ring (bicyclic) bond motifs is 2. The number of amides is 2. The van der Waals surface area contributed by atoms with E-state index in [-0.39, 0.29) is 41.6 Å². The van der Waals surface area contributed by atoms with Gasteiger partial charge in [-0.2, -0.15) is 5.10 Å². The van der Waals surface area contributed by atoms with E-state index in [4.69, 9.17) is 0 Å². The van der Waals surface area contributed by atoms with E-state index in [1.54, 1.807) is 30.3 Å². The Morgan fingerprint density at radius 1 is 1.04 bits per heavy atom. The van der Waals surface area contributed by atoms with Gasteiger partial charge in [0.2, 0.25) is 11.8 Å². The van der Waals surface area contributed by atoms with E-state index in [0.717, 1.165) is 22.3 Å². The van der Waals surface area contributed by atoms with E-state index in [9.17, 15) is 22.8 Å². The van der Waals surface area contributed by atoms with Crippen molar-refractivity contribution in [2.45, 2.75) is 65.6 Å². The Kier molecular flexibility index (Phi) is 8.08. The summed E-state index contributed by atoms with van der Waals surface area (Å²) in [5.41, 5.74) is 3.59. The van der Waals surface area contributed by atoms with E-state index >= 15 is 0 Å². The van der Waals surface area contributed by atoms with Crippen molar-refractivity contribution in [3.8, 4) is 11.1 Å². The van der Waals surface area contributed by atoms with Crippen LogP contribution in [0.4, 0.5) is 5.82 Å². The molecule has 1 N–H and O–H groups in total. The molecule has 1 saturated heterocycles. The van der Waals surface area contributed by atoms with Gasteiger partial charge in [0.1, 0.15) is 44.4 Å². The molecule has 0 bridgehead atoms. The standard InChI is InChI=1S/C32H34BrN7O5S/c1-17-6-7-26(33)36-30(17)37-31(43)24-12-32(8-9-46(5,44)45)13-25(32)40(24)27(42)16-39-29-18(2)10-21(22-14-34-20(4)35-15-22)11-23(29)28(38-39)19(3)41/h6-7,10-11,14-15,24-25H,8-9,12-13,16H2,1-5H3,(H,36,37,43)/t24-,25+,32-/m0/s1. The molecule has 14 heteroatoms. The molecular weight excluding hydrogens is 674 g/mol. The van der Waals surface area contributed by atoms with Gasteiger partial charge in [0.15, 0.2) is 5.78 Å². The first-order chi connectivity index (χ1) is 21.7. The number of benzene rings is 1. The molecule has 3 atom stereocenters. The van der Waals surface area contributed by atoms with Crippen LogP contribution >= 0.6 is 15.9 Å². The van der Waals surface area contributed by atoms with Gasteiger partial charge in [0.05, 0.1) is 11.3 Å². The van der Waals surface area contributed by atoms with Crippen molar-refractivity contribution in [3.63, 3.8) is 0 Å².